The first-order chi connectivity index (χ1) is 4.83. The largest absolute Gasteiger partial charge is 0.465 e. The molecule has 7 heteroatoms. The lowest BCUT2D eigenvalue weighted by Gasteiger charge is -2.20. The first-order valence-electron chi connectivity index (χ1n) is 2.94. The van der Waals surface area contributed by atoms with E-state index in [1.807, 2.05) is 0 Å². The Morgan fingerprint density at radius 3 is 1.73 bits per heavy atom. The van der Waals surface area contributed by atoms with Crippen LogP contribution in [-0.2, 0) is 17.8 Å². The third-order valence-electron chi connectivity index (χ3n) is 0.776. The summed E-state index contributed by atoms with van der Waals surface area (Å²) in [5.41, 5.74) is 0. The Hall–Kier alpha value is 0.617. The van der Waals surface area contributed by atoms with Gasteiger partial charge in [0.1, 0.15) is 0 Å². The second-order valence-electron chi connectivity index (χ2n) is 2.27. The van der Waals surface area contributed by atoms with Gasteiger partial charge < -0.3 is 4.21 Å². The Morgan fingerprint density at radius 2 is 1.64 bits per heavy atom. The minimum Gasteiger partial charge on any atom is -0.314 e. The summed E-state index contributed by atoms with van der Waals surface area (Å²) in [6.07, 6.45) is 0. The summed E-state index contributed by atoms with van der Waals surface area (Å²) in [6.45, 7) is 3.36. The van der Waals surface area contributed by atoms with Crippen LogP contribution >= 0.6 is 18.9 Å². The summed E-state index contributed by atoms with van der Waals surface area (Å²) in [7, 11) is -3.25. The smallest absolute Gasteiger partial charge is 0.314 e. The highest BCUT2D eigenvalue weighted by molar-refractivity contribution is 7.51. The molecule has 0 bridgehead atoms. The number of rotatable bonds is 4. The monoisotopic (exact) mass is 218 g/mol. The van der Waals surface area contributed by atoms with Gasteiger partial charge in [0.2, 0.25) is 0 Å². The summed E-state index contributed by atoms with van der Waals surface area (Å²) in [5, 5.41) is 0. The van der Waals surface area contributed by atoms with E-state index >= 15 is 0 Å². The molecule has 4 nitrogen and oxygen atoms in total. The topological polar surface area (TPSA) is 44.8 Å². The van der Waals surface area contributed by atoms with E-state index in [4.69, 9.17) is 15.3 Å². The van der Waals surface area contributed by atoms with Gasteiger partial charge in [0.25, 0.3) is 7.63 Å². The molecule has 0 fully saturated rings. The Balaban J connectivity index is 4.21. The zero-order valence-electron chi connectivity index (χ0n) is 6.96. The van der Waals surface area contributed by atoms with E-state index in [1.54, 1.807) is 13.1 Å². The predicted molar refractivity (Wildman–Crippen MR) is 46.0 cm³/mol. The van der Waals surface area contributed by atoms with E-state index in [0.717, 1.165) is 0 Å². The fourth-order valence-corrected chi connectivity index (χ4v) is 4.05. The molecule has 0 aliphatic carbocycles. The minimum absolute atomic E-state index is 1.25. The molecule has 0 aliphatic rings. The molecular weight excluding hydrogens is 207 g/mol. The van der Waals surface area contributed by atoms with Crippen molar-refractivity contribution in [2.24, 2.45) is 0 Å². The Morgan fingerprint density at radius 1 is 1.27 bits per heavy atom. The zero-order valence-corrected chi connectivity index (χ0v) is 9.61. The van der Waals surface area contributed by atoms with E-state index < -0.39 is 15.4 Å². The number of halogens is 1. The number of hydrogen-bond donors (Lipinski definition) is 0. The van der Waals surface area contributed by atoms with E-state index in [2.05, 4.69) is 9.05 Å². The second-order valence-corrected chi connectivity index (χ2v) is 10.1. The van der Waals surface area contributed by atoms with Gasteiger partial charge in [-0.15, -0.1) is 11.1 Å². The average molecular weight is 219 g/mol. The number of phosphoric acid groups is 1. The molecule has 0 aromatic heterocycles. The standard InChI is InChI=1S/C4H12ClO4PSi/c1-7-10(6,8-2)9-11(3,4)5/h1-4H3. The lowest BCUT2D eigenvalue weighted by atomic mass is 11.8. The van der Waals surface area contributed by atoms with Crippen LogP contribution < -0.4 is 0 Å². The van der Waals surface area contributed by atoms with Gasteiger partial charge in [-0.2, -0.15) is 0 Å². The molecule has 0 saturated heterocycles. The molecular formula is C4H12ClO4PSi. The van der Waals surface area contributed by atoms with Crippen molar-refractivity contribution >= 4 is 26.5 Å². The van der Waals surface area contributed by atoms with Gasteiger partial charge in [-0.05, 0) is 13.1 Å². The minimum atomic E-state index is -3.37. The molecule has 0 saturated carbocycles. The van der Waals surface area contributed by atoms with Crippen molar-refractivity contribution in [2.45, 2.75) is 13.1 Å². The lowest BCUT2D eigenvalue weighted by Crippen LogP contribution is -2.21. The van der Waals surface area contributed by atoms with E-state index in [-0.39, 0.29) is 0 Å². The quantitative estimate of drug-likeness (QED) is 0.413. The maximum absolute atomic E-state index is 11.2. The third kappa shape index (κ3) is 4.95. The van der Waals surface area contributed by atoms with Crippen LogP contribution in [-0.4, -0.2) is 21.8 Å². The highest BCUT2D eigenvalue weighted by Crippen LogP contribution is 2.50. The van der Waals surface area contributed by atoms with Crippen molar-refractivity contribution in [3.05, 3.63) is 0 Å². The Bertz CT molecular complexity index is 160. The van der Waals surface area contributed by atoms with E-state index in [1.165, 1.54) is 14.2 Å². The van der Waals surface area contributed by atoms with Crippen molar-refractivity contribution in [3.63, 3.8) is 0 Å². The van der Waals surface area contributed by atoms with Crippen molar-refractivity contribution in [2.75, 3.05) is 14.2 Å². The Kier molecular flexibility index (Phi) is 4.25. The second kappa shape index (κ2) is 4.03. The molecule has 0 heterocycles. The fourth-order valence-electron chi connectivity index (χ4n) is 0.415. The van der Waals surface area contributed by atoms with Gasteiger partial charge in [-0.1, -0.05) is 0 Å². The maximum atomic E-state index is 11.2. The van der Waals surface area contributed by atoms with Crippen LogP contribution in [0.2, 0.25) is 13.1 Å². The first kappa shape index (κ1) is 11.6. The molecule has 0 unspecified atom stereocenters. The molecule has 0 radical (unpaired) electrons. The molecule has 0 aromatic carbocycles. The molecule has 68 valence electrons. The van der Waals surface area contributed by atoms with Crippen LogP contribution in [0.15, 0.2) is 0 Å². The van der Waals surface area contributed by atoms with Crippen LogP contribution in [0.1, 0.15) is 0 Å². The molecule has 0 amide bonds. The van der Waals surface area contributed by atoms with Crippen LogP contribution in [0.3, 0.4) is 0 Å². The fraction of sp³-hybridized carbons (Fsp3) is 1.00. The molecule has 0 aromatic rings. The molecule has 0 atom stereocenters. The van der Waals surface area contributed by atoms with Crippen LogP contribution in [0.4, 0.5) is 0 Å². The van der Waals surface area contributed by atoms with Gasteiger partial charge in [0, 0.05) is 14.2 Å². The van der Waals surface area contributed by atoms with Crippen molar-refractivity contribution in [1.82, 2.24) is 0 Å². The third-order valence-corrected chi connectivity index (χ3v) is 4.92. The first-order valence-corrected chi connectivity index (χ1v) is 8.32. The molecule has 11 heavy (non-hydrogen) atoms. The normalized spacial score (nSPS) is 13.5. The Labute approximate surface area is 72.2 Å². The predicted octanol–water partition coefficient (Wildman–Crippen LogP) is 2.34. The molecule has 0 spiro atoms. The molecule has 0 aliphatic heterocycles. The highest BCUT2D eigenvalue weighted by atomic mass is 35.6. The zero-order chi connectivity index (χ0) is 9.12. The van der Waals surface area contributed by atoms with Crippen molar-refractivity contribution < 1.29 is 17.8 Å². The van der Waals surface area contributed by atoms with Crippen LogP contribution in [0, 0.1) is 0 Å². The summed E-state index contributed by atoms with van der Waals surface area (Å²) in [5.74, 6) is 0. The van der Waals surface area contributed by atoms with Gasteiger partial charge in [-0.25, -0.2) is 4.57 Å². The van der Waals surface area contributed by atoms with Gasteiger partial charge in [0.15, 0.2) is 0 Å². The summed E-state index contributed by atoms with van der Waals surface area (Å²) < 4.78 is 25.2. The molecule has 0 N–H and O–H groups in total. The van der Waals surface area contributed by atoms with Gasteiger partial charge in [0.05, 0.1) is 0 Å². The average Bonchev–Trinajstić information content (AvgIpc) is 1.84. The van der Waals surface area contributed by atoms with E-state index in [0.29, 0.717) is 0 Å². The summed E-state index contributed by atoms with van der Waals surface area (Å²) in [6, 6.07) is 0. The number of phosphoric ester groups is 1. The van der Waals surface area contributed by atoms with Crippen molar-refractivity contribution in [3.8, 4) is 0 Å². The molecule has 0 rings (SSSR count). The lowest BCUT2D eigenvalue weighted by molar-refractivity contribution is 0.211. The highest BCUT2D eigenvalue weighted by Gasteiger charge is 2.33. The SMILES string of the molecule is COP(=O)(OC)O[Si](C)(C)Cl. The maximum Gasteiger partial charge on any atom is 0.465 e. The summed E-state index contributed by atoms with van der Waals surface area (Å²) >= 11 is 5.76. The van der Waals surface area contributed by atoms with Crippen LogP contribution in [0.5, 0.6) is 0 Å². The van der Waals surface area contributed by atoms with Crippen molar-refractivity contribution in [1.29, 1.82) is 0 Å². The van der Waals surface area contributed by atoms with Gasteiger partial charge in [-0.3, -0.25) is 9.05 Å². The summed E-state index contributed by atoms with van der Waals surface area (Å²) in [4.78, 5) is 0. The van der Waals surface area contributed by atoms with E-state index in [9.17, 15) is 4.57 Å². The van der Waals surface area contributed by atoms with Gasteiger partial charge >= 0.3 is 7.82 Å². The number of hydrogen-bond acceptors (Lipinski definition) is 4. The van der Waals surface area contributed by atoms with Crippen LogP contribution in [0.25, 0.3) is 0 Å².